The first kappa shape index (κ1) is 18.5. The Morgan fingerprint density at radius 1 is 1.00 bits per heavy atom. The summed E-state index contributed by atoms with van der Waals surface area (Å²) in [5.74, 6) is 0.185. The zero-order chi connectivity index (χ0) is 20.7. The van der Waals surface area contributed by atoms with Crippen LogP contribution in [0.25, 0.3) is 0 Å². The van der Waals surface area contributed by atoms with E-state index in [1.165, 1.54) is 15.5 Å². The fourth-order valence-electron chi connectivity index (χ4n) is 3.22. The van der Waals surface area contributed by atoms with Gasteiger partial charge in [0.15, 0.2) is 5.75 Å². The van der Waals surface area contributed by atoms with E-state index in [1.54, 1.807) is 44.6 Å². The van der Waals surface area contributed by atoms with Crippen molar-refractivity contribution < 1.29 is 14.3 Å². The van der Waals surface area contributed by atoms with Gasteiger partial charge in [0.1, 0.15) is 11.3 Å². The second kappa shape index (κ2) is 6.94. The van der Waals surface area contributed by atoms with Crippen LogP contribution in [0.4, 0.5) is 11.4 Å². The summed E-state index contributed by atoms with van der Waals surface area (Å²) in [5.41, 5.74) is 2.02. The number of ether oxygens (including phenoxy) is 1. The highest BCUT2D eigenvalue weighted by atomic mass is 16.5. The minimum absolute atomic E-state index is 0.0208. The fourth-order valence-corrected chi connectivity index (χ4v) is 3.22. The summed E-state index contributed by atoms with van der Waals surface area (Å²) in [7, 11) is 3.25. The van der Waals surface area contributed by atoms with E-state index in [2.05, 4.69) is 5.32 Å². The number of carbonyl (C=O) groups is 2. The number of nitrogens with zero attached hydrogens (tertiary/aromatic N) is 2. The molecule has 3 aromatic rings. The van der Waals surface area contributed by atoms with Crippen molar-refractivity contribution in [3.63, 3.8) is 0 Å². The lowest BCUT2D eigenvalue weighted by Gasteiger charge is -2.16. The highest BCUT2D eigenvalue weighted by molar-refractivity contribution is 6.11. The molecule has 7 heteroatoms. The average Bonchev–Trinajstić information content (AvgIpc) is 2.80. The molecule has 1 aliphatic rings. The summed E-state index contributed by atoms with van der Waals surface area (Å²) in [4.78, 5) is 39.2. The fraction of sp³-hybridized carbons (Fsp3) is 0.136. The number of rotatable bonds is 2. The molecule has 2 heterocycles. The van der Waals surface area contributed by atoms with Crippen LogP contribution in [0.5, 0.6) is 11.5 Å². The van der Waals surface area contributed by atoms with Gasteiger partial charge in [-0.2, -0.15) is 0 Å². The monoisotopic (exact) mass is 389 g/mol. The quantitative estimate of drug-likeness (QED) is 0.729. The molecule has 1 N–H and O–H groups in total. The average molecular weight is 389 g/mol. The van der Waals surface area contributed by atoms with Crippen molar-refractivity contribution in [1.82, 2.24) is 4.57 Å². The lowest BCUT2D eigenvalue weighted by Crippen LogP contribution is -2.27. The van der Waals surface area contributed by atoms with E-state index in [-0.39, 0.29) is 11.5 Å². The summed E-state index contributed by atoms with van der Waals surface area (Å²) in [6.07, 6.45) is 1.58. The lowest BCUT2D eigenvalue weighted by molar-refractivity contribution is 0.0989. The number of hydrogen-bond donors (Lipinski definition) is 1. The van der Waals surface area contributed by atoms with Crippen LogP contribution in [0.3, 0.4) is 0 Å². The molecule has 0 aliphatic carbocycles. The van der Waals surface area contributed by atoms with Crippen molar-refractivity contribution in [2.75, 3.05) is 17.3 Å². The number of amides is 2. The highest BCUT2D eigenvalue weighted by Gasteiger charge is 2.26. The summed E-state index contributed by atoms with van der Waals surface area (Å²) in [5, 5.41) is 2.68. The number of pyridine rings is 1. The topological polar surface area (TPSA) is 80.6 Å². The van der Waals surface area contributed by atoms with E-state index in [1.807, 2.05) is 25.1 Å². The molecule has 0 bridgehead atoms. The van der Waals surface area contributed by atoms with Gasteiger partial charge in [0.05, 0.1) is 11.3 Å². The Balaban J connectivity index is 1.68. The zero-order valence-electron chi connectivity index (χ0n) is 16.2. The second-order valence-corrected chi connectivity index (χ2v) is 6.94. The van der Waals surface area contributed by atoms with Gasteiger partial charge in [-0.3, -0.25) is 14.4 Å². The molecular formula is C22H19N3O4. The van der Waals surface area contributed by atoms with Crippen molar-refractivity contribution in [2.45, 2.75) is 6.92 Å². The smallest absolute Gasteiger partial charge is 0.263 e. The molecular weight excluding hydrogens is 370 g/mol. The predicted molar refractivity (Wildman–Crippen MR) is 110 cm³/mol. The van der Waals surface area contributed by atoms with E-state index in [4.69, 9.17) is 4.74 Å². The third kappa shape index (κ3) is 3.27. The molecule has 0 unspecified atom stereocenters. The Morgan fingerprint density at radius 2 is 1.76 bits per heavy atom. The first-order valence-corrected chi connectivity index (χ1v) is 9.03. The maximum Gasteiger partial charge on any atom is 0.263 e. The molecule has 29 heavy (non-hydrogen) atoms. The number of carbonyl (C=O) groups excluding carboxylic acids is 2. The molecule has 7 nitrogen and oxygen atoms in total. The van der Waals surface area contributed by atoms with Crippen LogP contribution in [0, 0.1) is 6.92 Å². The molecule has 0 fully saturated rings. The van der Waals surface area contributed by atoms with Crippen LogP contribution >= 0.6 is 0 Å². The summed E-state index contributed by atoms with van der Waals surface area (Å²) in [6, 6.07) is 13.5. The van der Waals surface area contributed by atoms with E-state index in [0.717, 1.165) is 5.56 Å². The Labute approximate surface area is 167 Å². The van der Waals surface area contributed by atoms with Gasteiger partial charge in [-0.1, -0.05) is 6.07 Å². The predicted octanol–water partition coefficient (Wildman–Crippen LogP) is 3.33. The molecule has 146 valence electrons. The minimum atomic E-state index is -0.541. The number of aromatic nitrogens is 1. The summed E-state index contributed by atoms with van der Waals surface area (Å²) < 4.78 is 7.28. The van der Waals surface area contributed by atoms with Crippen molar-refractivity contribution in [3.8, 4) is 11.5 Å². The molecule has 2 amide bonds. The standard InChI is InChI=1S/C22H19N3O4/c1-13-6-8-19-17(11-13)25(3)22(28)16-12-14(7-9-18(16)29-19)23-20(26)15-5-4-10-24(2)21(15)27/h4-12H,1-3H3,(H,23,26). The summed E-state index contributed by atoms with van der Waals surface area (Å²) in [6.45, 7) is 1.94. The minimum Gasteiger partial charge on any atom is -0.454 e. The van der Waals surface area contributed by atoms with Crippen LogP contribution < -0.4 is 20.5 Å². The molecule has 2 aromatic carbocycles. The molecule has 4 rings (SSSR count). The Kier molecular flexibility index (Phi) is 4.43. The third-order valence-electron chi connectivity index (χ3n) is 4.84. The van der Waals surface area contributed by atoms with Crippen molar-refractivity contribution in [3.05, 3.63) is 81.8 Å². The maximum atomic E-state index is 13.0. The van der Waals surface area contributed by atoms with Crippen molar-refractivity contribution >= 4 is 23.2 Å². The Hall–Kier alpha value is -3.87. The van der Waals surface area contributed by atoms with Crippen molar-refractivity contribution in [2.24, 2.45) is 7.05 Å². The molecule has 0 spiro atoms. The molecule has 0 saturated carbocycles. The number of aryl methyl sites for hydroxylation is 2. The van der Waals surface area contributed by atoms with E-state index in [0.29, 0.717) is 28.4 Å². The Morgan fingerprint density at radius 3 is 2.55 bits per heavy atom. The van der Waals surface area contributed by atoms with Crippen LogP contribution in [-0.2, 0) is 7.05 Å². The van der Waals surface area contributed by atoms with Gasteiger partial charge < -0.3 is 19.5 Å². The van der Waals surface area contributed by atoms with Gasteiger partial charge in [0.2, 0.25) is 0 Å². The highest BCUT2D eigenvalue weighted by Crippen LogP contribution is 2.39. The van der Waals surface area contributed by atoms with Gasteiger partial charge >= 0.3 is 0 Å². The van der Waals surface area contributed by atoms with Crippen LogP contribution in [0.1, 0.15) is 26.3 Å². The van der Waals surface area contributed by atoms with Gasteiger partial charge in [0, 0.05) is 26.0 Å². The maximum absolute atomic E-state index is 13.0. The van der Waals surface area contributed by atoms with Gasteiger partial charge in [0.25, 0.3) is 17.4 Å². The largest absolute Gasteiger partial charge is 0.454 e. The first-order chi connectivity index (χ1) is 13.8. The molecule has 0 atom stereocenters. The van der Waals surface area contributed by atoms with Crippen LogP contribution in [-0.4, -0.2) is 23.4 Å². The number of benzene rings is 2. The number of fused-ring (bicyclic) bond motifs is 2. The van der Waals surface area contributed by atoms with E-state index >= 15 is 0 Å². The van der Waals surface area contributed by atoms with Gasteiger partial charge in [-0.05, 0) is 55.0 Å². The second-order valence-electron chi connectivity index (χ2n) is 6.94. The summed E-state index contributed by atoms with van der Waals surface area (Å²) >= 11 is 0. The molecule has 1 aromatic heterocycles. The van der Waals surface area contributed by atoms with E-state index in [9.17, 15) is 14.4 Å². The molecule has 0 saturated heterocycles. The van der Waals surface area contributed by atoms with Gasteiger partial charge in [-0.15, -0.1) is 0 Å². The van der Waals surface area contributed by atoms with Gasteiger partial charge in [-0.25, -0.2) is 0 Å². The first-order valence-electron chi connectivity index (χ1n) is 9.03. The van der Waals surface area contributed by atoms with Crippen LogP contribution in [0.15, 0.2) is 59.5 Å². The molecule has 0 radical (unpaired) electrons. The lowest BCUT2D eigenvalue weighted by atomic mass is 10.1. The van der Waals surface area contributed by atoms with E-state index < -0.39 is 11.5 Å². The Bertz CT molecular complexity index is 1210. The van der Waals surface area contributed by atoms with Crippen molar-refractivity contribution in [1.29, 1.82) is 0 Å². The number of hydrogen-bond acceptors (Lipinski definition) is 4. The zero-order valence-corrected chi connectivity index (χ0v) is 16.2. The normalized spacial score (nSPS) is 12.5. The van der Waals surface area contributed by atoms with Crippen LogP contribution in [0.2, 0.25) is 0 Å². The number of anilines is 2. The molecule has 1 aliphatic heterocycles. The third-order valence-corrected chi connectivity index (χ3v) is 4.84. The number of nitrogens with one attached hydrogen (secondary N) is 1. The SMILES string of the molecule is Cc1ccc2c(c1)N(C)C(=O)c1cc(NC(=O)c3cccn(C)c3=O)ccc1O2.